The Morgan fingerprint density at radius 3 is 2.49 bits per heavy atom. The zero-order valence-corrected chi connectivity index (χ0v) is 47.3. The lowest BCUT2D eigenvalue weighted by Crippen LogP contribution is -2.62. The molecule has 19 nitrogen and oxygen atoms in total. The summed E-state index contributed by atoms with van der Waals surface area (Å²) in [6.07, 6.45) is 11.2. The topological polar surface area (TPSA) is 217 Å². The third-order valence-electron chi connectivity index (χ3n) is 18.6. The van der Waals surface area contributed by atoms with E-state index in [1.54, 1.807) is 6.07 Å². The van der Waals surface area contributed by atoms with Crippen molar-refractivity contribution in [2.75, 3.05) is 74.3 Å². The molecule has 3 aromatic carbocycles. The molecule has 12 rings (SSSR count). The van der Waals surface area contributed by atoms with Crippen molar-refractivity contribution in [3.63, 3.8) is 0 Å². The summed E-state index contributed by atoms with van der Waals surface area (Å²) in [6, 6.07) is 22.9. The first kappa shape index (κ1) is 54.6. The predicted molar refractivity (Wildman–Crippen MR) is 306 cm³/mol. The number of piperazine rings is 1. The minimum absolute atomic E-state index is 0.0683. The van der Waals surface area contributed by atoms with Crippen molar-refractivity contribution in [2.45, 2.75) is 151 Å². The van der Waals surface area contributed by atoms with E-state index in [-0.39, 0.29) is 46.8 Å². The fraction of sp³-hybridized carbons (Fsp3) is 0.567. The molecular weight excluding hydrogens is 1040 g/mol. The number of fused-ring (bicyclic) bond motifs is 3. The summed E-state index contributed by atoms with van der Waals surface area (Å²) < 4.78 is 55.7. The second kappa shape index (κ2) is 22.0. The van der Waals surface area contributed by atoms with E-state index in [1.807, 2.05) is 37.4 Å². The van der Waals surface area contributed by atoms with Gasteiger partial charge >= 0.3 is 0 Å². The molecule has 1 spiro atoms. The Kier molecular flexibility index (Phi) is 15.0. The minimum atomic E-state index is -4.64. The van der Waals surface area contributed by atoms with Crippen molar-refractivity contribution in [1.29, 1.82) is 0 Å². The maximum Gasteiger partial charge on any atom is 0.293 e. The summed E-state index contributed by atoms with van der Waals surface area (Å²) in [5, 5.41) is 26.9. The number of nitro benzene ring substituents is 1. The largest absolute Gasteiger partial charge is 0.491 e. The molecule has 4 N–H and O–H groups in total. The molecule has 2 saturated carbocycles. The molecule has 2 aromatic heterocycles. The van der Waals surface area contributed by atoms with Crippen molar-refractivity contribution < 1.29 is 42.2 Å². The maximum atomic E-state index is 14.9. The number of amides is 1. The standard InChI is InChI=1S/C60H77N9O10S/c1-38(2)78-54-8-6-5-7-46(54)53-36-65(42-16-26-76-27-17-42)24-25-67(53)44-33-60(34-44)21-23-66(39(3)32-60)43-9-11-47(50(30-43)68-49-18-28-77-37-55(49)79-58-52(68)29-41-15-22-61-56(41)63-58)57(70)64-80(74,75)45-10-12-48(51(31-45)69(72)73)62-35-40-13-19-59(4,71)20-14-40/h5-12,15,22,29-31,38-40,42,44,49,53,55,62,71H,13-14,16-21,23-28,32-37H2,1-4H3,(H,61,63)(H,64,70)/t39-,40?,44?,49+,53+,55+,59?,60?/m1/s1. The average molecular weight is 1120 g/mol. The number of para-hydroxylation sites is 1. The molecule has 6 fully saturated rings. The Bertz CT molecular complexity index is 3200. The number of benzene rings is 3. The van der Waals surface area contributed by atoms with Gasteiger partial charge < -0.3 is 44.2 Å². The third kappa shape index (κ3) is 10.9. The highest BCUT2D eigenvalue weighted by Gasteiger charge is 2.52. The first-order valence-electron chi connectivity index (χ1n) is 29.1. The average Bonchev–Trinajstić information content (AvgIpc) is 3.93. The molecule has 0 bridgehead atoms. The fourth-order valence-corrected chi connectivity index (χ4v) is 15.4. The van der Waals surface area contributed by atoms with Gasteiger partial charge in [-0.05, 0) is 158 Å². The normalized spacial score (nSPS) is 28.7. The maximum absolute atomic E-state index is 14.9. The molecule has 4 atom stereocenters. The number of ether oxygens (including phenoxy) is 4. The number of hydrogen-bond donors (Lipinski definition) is 4. The van der Waals surface area contributed by atoms with E-state index in [0.717, 1.165) is 114 Å². The van der Waals surface area contributed by atoms with Crippen LogP contribution in [0.2, 0.25) is 0 Å². The van der Waals surface area contributed by atoms with Crippen LogP contribution in [0.3, 0.4) is 0 Å². The van der Waals surface area contributed by atoms with E-state index in [0.29, 0.717) is 74.0 Å². The quantitative estimate of drug-likeness (QED) is 0.0602. The molecule has 0 radical (unpaired) electrons. The van der Waals surface area contributed by atoms with Gasteiger partial charge in [0.05, 0.1) is 51.5 Å². The molecule has 428 valence electrons. The molecule has 20 heteroatoms. The summed E-state index contributed by atoms with van der Waals surface area (Å²) in [5.74, 6) is 0.648. The van der Waals surface area contributed by atoms with Gasteiger partial charge in [-0.25, -0.2) is 13.1 Å². The number of anilines is 4. The number of nitrogens with one attached hydrogen (secondary N) is 3. The van der Waals surface area contributed by atoms with Crippen LogP contribution < -0.4 is 29.3 Å². The lowest BCUT2D eigenvalue weighted by Gasteiger charge is -2.60. The van der Waals surface area contributed by atoms with E-state index < -0.39 is 43.1 Å². The molecular formula is C60H77N9O10S. The number of sulfonamides is 1. The van der Waals surface area contributed by atoms with Crippen LogP contribution in [0.5, 0.6) is 11.6 Å². The van der Waals surface area contributed by atoms with Crippen LogP contribution in [0, 0.1) is 21.4 Å². The lowest BCUT2D eigenvalue weighted by molar-refractivity contribution is -0.384. The van der Waals surface area contributed by atoms with Gasteiger partial charge in [0.25, 0.3) is 21.6 Å². The van der Waals surface area contributed by atoms with Crippen molar-refractivity contribution >= 4 is 55.4 Å². The first-order valence-corrected chi connectivity index (χ1v) is 30.6. The molecule has 7 aliphatic rings. The van der Waals surface area contributed by atoms with Gasteiger partial charge in [0, 0.05) is 99.6 Å². The SMILES string of the molecule is CC(C)Oc1ccccc1[C@@H]1CN(C2CCOCC2)CCN1C1CC2(CCN(c3ccc(C(=O)NS(=O)(=O)c4ccc(NCC5CCC(C)(O)CC5)c([N+](=O)[O-])c4)c(N4c5cc6cc[nH]c6nc5O[C@H]5COCC[C@@H]54)c3)[C@H](C)C2)C1. The fourth-order valence-electron chi connectivity index (χ4n) is 14.4. The number of aromatic nitrogens is 2. The number of aromatic amines is 1. The third-order valence-corrected chi connectivity index (χ3v) is 20.0. The summed E-state index contributed by atoms with van der Waals surface area (Å²) in [5.41, 5.74) is 3.28. The van der Waals surface area contributed by atoms with Crippen molar-refractivity contribution in [3.8, 4) is 11.6 Å². The second-order valence-electron chi connectivity index (χ2n) is 24.4. The van der Waals surface area contributed by atoms with Crippen LogP contribution >= 0.6 is 0 Å². The van der Waals surface area contributed by atoms with Gasteiger partial charge in [-0.15, -0.1) is 0 Å². The highest BCUT2D eigenvalue weighted by atomic mass is 32.2. The number of hydrogen-bond acceptors (Lipinski definition) is 16. The van der Waals surface area contributed by atoms with Crippen LogP contribution in [0.4, 0.5) is 28.4 Å². The number of aliphatic hydroxyl groups is 1. The number of nitrogens with zero attached hydrogens (tertiary/aromatic N) is 6. The Labute approximate surface area is 468 Å². The number of nitro groups is 1. The lowest BCUT2D eigenvalue weighted by atomic mass is 9.58. The predicted octanol–water partition coefficient (Wildman–Crippen LogP) is 9.09. The first-order chi connectivity index (χ1) is 38.5. The van der Waals surface area contributed by atoms with Crippen LogP contribution in [0.1, 0.15) is 120 Å². The van der Waals surface area contributed by atoms with Gasteiger partial charge in [-0.2, -0.15) is 4.98 Å². The van der Waals surface area contributed by atoms with Crippen molar-refractivity contribution in [1.82, 2.24) is 24.5 Å². The van der Waals surface area contributed by atoms with E-state index in [9.17, 15) is 28.4 Å². The summed E-state index contributed by atoms with van der Waals surface area (Å²) >= 11 is 0. The van der Waals surface area contributed by atoms with Gasteiger partial charge in [0.15, 0.2) is 0 Å². The molecule has 5 aromatic rings. The molecule has 2 aliphatic carbocycles. The number of H-pyrrole nitrogens is 1. The Morgan fingerprint density at radius 2 is 1.71 bits per heavy atom. The Hall–Kier alpha value is -6.03. The van der Waals surface area contributed by atoms with E-state index >= 15 is 0 Å². The highest BCUT2D eigenvalue weighted by molar-refractivity contribution is 7.90. The van der Waals surface area contributed by atoms with Crippen molar-refractivity contribution in [2.24, 2.45) is 11.3 Å². The van der Waals surface area contributed by atoms with Crippen molar-refractivity contribution in [3.05, 3.63) is 100 Å². The Morgan fingerprint density at radius 1 is 0.925 bits per heavy atom. The zero-order chi connectivity index (χ0) is 55.5. The number of carbonyl (C=O) groups is 1. The number of rotatable bonds is 14. The van der Waals surface area contributed by atoms with E-state index in [4.69, 9.17) is 23.9 Å². The number of piperidine rings is 1. The molecule has 1 amide bonds. The van der Waals surface area contributed by atoms with Crippen LogP contribution in [0.15, 0.2) is 83.9 Å². The minimum Gasteiger partial charge on any atom is -0.491 e. The highest BCUT2D eigenvalue weighted by Crippen LogP contribution is 2.55. The molecule has 4 saturated heterocycles. The van der Waals surface area contributed by atoms with Gasteiger partial charge in [0.1, 0.15) is 28.9 Å². The van der Waals surface area contributed by atoms with Gasteiger partial charge in [-0.3, -0.25) is 24.7 Å². The number of carbonyl (C=O) groups excluding carboxylic acids is 1. The van der Waals surface area contributed by atoms with Gasteiger partial charge in [-0.1, -0.05) is 18.2 Å². The van der Waals surface area contributed by atoms with Crippen LogP contribution in [0.25, 0.3) is 11.0 Å². The van der Waals surface area contributed by atoms with Gasteiger partial charge in [0.2, 0.25) is 5.88 Å². The summed E-state index contributed by atoms with van der Waals surface area (Å²) in [4.78, 5) is 44.4. The van der Waals surface area contributed by atoms with E-state index in [2.05, 4.69) is 79.7 Å². The molecule has 7 heterocycles. The molecule has 5 aliphatic heterocycles. The monoisotopic (exact) mass is 1120 g/mol. The summed E-state index contributed by atoms with van der Waals surface area (Å²) in [7, 11) is -4.64. The van der Waals surface area contributed by atoms with E-state index in [1.165, 1.54) is 17.7 Å². The number of pyridine rings is 1. The molecule has 0 unspecified atom stereocenters. The molecule has 80 heavy (non-hydrogen) atoms. The zero-order valence-electron chi connectivity index (χ0n) is 46.5. The summed E-state index contributed by atoms with van der Waals surface area (Å²) in [6.45, 7) is 14.9. The smallest absolute Gasteiger partial charge is 0.293 e. The van der Waals surface area contributed by atoms with Crippen LogP contribution in [-0.2, 0) is 19.5 Å². The Balaban J connectivity index is 0.816. The van der Waals surface area contributed by atoms with Crippen LogP contribution in [-0.4, -0.2) is 145 Å². The second-order valence-corrected chi connectivity index (χ2v) is 26.1.